The molecule has 0 aliphatic carbocycles. The van der Waals surface area contributed by atoms with Gasteiger partial charge in [-0.1, -0.05) is 13.8 Å². The van der Waals surface area contributed by atoms with E-state index in [0.29, 0.717) is 5.92 Å². The largest absolute Gasteiger partial charge is 0.357 e. The van der Waals surface area contributed by atoms with Crippen LogP contribution < -0.4 is 5.32 Å². The Morgan fingerprint density at radius 1 is 1.32 bits per heavy atom. The van der Waals surface area contributed by atoms with Crippen LogP contribution in [-0.2, 0) is 20.1 Å². The third-order valence-electron chi connectivity index (χ3n) is 4.58. The predicted octanol–water partition coefficient (Wildman–Crippen LogP) is 3.54. The standard InChI is InChI=1S/C20H35N7.HI/c1-7-21-20(23-10-8-9-12-27-13-11-22-17(27)4)25(5)14-18-15-26(6)24-19(18)16(2)3;/h11,13,15-16H,7-10,12,14H2,1-6H3,(H,21,23);1H. The number of aliphatic imine (C=N–C) groups is 1. The molecule has 0 bridgehead atoms. The van der Waals surface area contributed by atoms with Crippen LogP contribution >= 0.6 is 24.0 Å². The molecular weight excluding hydrogens is 465 g/mol. The van der Waals surface area contributed by atoms with Gasteiger partial charge in [0.15, 0.2) is 5.96 Å². The van der Waals surface area contributed by atoms with Crippen molar-refractivity contribution in [1.29, 1.82) is 0 Å². The zero-order valence-corrected chi connectivity index (χ0v) is 20.5. The summed E-state index contributed by atoms with van der Waals surface area (Å²) in [6.45, 7) is 12.0. The van der Waals surface area contributed by atoms with Crippen LogP contribution in [0.1, 0.15) is 56.6 Å². The van der Waals surface area contributed by atoms with E-state index in [-0.39, 0.29) is 24.0 Å². The normalized spacial score (nSPS) is 11.6. The highest BCUT2D eigenvalue weighted by Gasteiger charge is 2.15. The SMILES string of the molecule is CCNC(=NCCCCn1ccnc1C)N(C)Cc1cn(C)nc1C(C)C.I. The molecule has 28 heavy (non-hydrogen) atoms. The molecule has 0 saturated carbocycles. The van der Waals surface area contributed by atoms with Crippen molar-refractivity contribution in [3.05, 3.63) is 35.7 Å². The Morgan fingerprint density at radius 2 is 2.07 bits per heavy atom. The number of guanidine groups is 1. The van der Waals surface area contributed by atoms with Crippen LogP contribution in [0.2, 0.25) is 0 Å². The van der Waals surface area contributed by atoms with E-state index in [0.717, 1.165) is 56.5 Å². The fourth-order valence-electron chi connectivity index (χ4n) is 3.18. The molecular formula is C20H36IN7. The number of imidazole rings is 1. The van der Waals surface area contributed by atoms with Gasteiger partial charge >= 0.3 is 0 Å². The third-order valence-corrected chi connectivity index (χ3v) is 4.58. The maximum Gasteiger partial charge on any atom is 0.193 e. The predicted molar refractivity (Wildman–Crippen MR) is 126 cm³/mol. The molecule has 2 aromatic rings. The average Bonchev–Trinajstić information content (AvgIpc) is 3.19. The van der Waals surface area contributed by atoms with Crippen LogP contribution in [0.25, 0.3) is 0 Å². The summed E-state index contributed by atoms with van der Waals surface area (Å²) >= 11 is 0. The molecule has 1 N–H and O–H groups in total. The highest BCUT2D eigenvalue weighted by molar-refractivity contribution is 14.0. The highest BCUT2D eigenvalue weighted by atomic mass is 127. The number of nitrogens with zero attached hydrogens (tertiary/aromatic N) is 6. The Bertz CT molecular complexity index is 733. The maximum atomic E-state index is 4.81. The summed E-state index contributed by atoms with van der Waals surface area (Å²) < 4.78 is 4.09. The quantitative estimate of drug-likeness (QED) is 0.247. The number of nitrogens with one attached hydrogen (secondary N) is 1. The number of rotatable bonds is 9. The lowest BCUT2D eigenvalue weighted by Crippen LogP contribution is -2.38. The van der Waals surface area contributed by atoms with Crippen molar-refractivity contribution < 1.29 is 0 Å². The van der Waals surface area contributed by atoms with Gasteiger partial charge in [0.1, 0.15) is 5.82 Å². The molecule has 0 fully saturated rings. The molecule has 8 heteroatoms. The fourth-order valence-corrected chi connectivity index (χ4v) is 3.18. The van der Waals surface area contributed by atoms with Gasteiger partial charge in [0.2, 0.25) is 0 Å². The smallest absolute Gasteiger partial charge is 0.193 e. The lowest BCUT2D eigenvalue weighted by molar-refractivity contribution is 0.472. The molecule has 0 aliphatic heterocycles. The number of halogens is 1. The number of aromatic nitrogens is 4. The summed E-state index contributed by atoms with van der Waals surface area (Å²) in [4.78, 5) is 11.3. The molecule has 0 saturated heterocycles. The van der Waals surface area contributed by atoms with Gasteiger partial charge in [0.05, 0.1) is 5.69 Å². The van der Waals surface area contributed by atoms with E-state index in [1.54, 1.807) is 0 Å². The Balaban J connectivity index is 0.00000392. The van der Waals surface area contributed by atoms with Crippen LogP contribution in [0, 0.1) is 6.92 Å². The van der Waals surface area contributed by atoms with Crippen molar-refractivity contribution in [2.24, 2.45) is 12.0 Å². The molecule has 7 nitrogen and oxygen atoms in total. The van der Waals surface area contributed by atoms with Gasteiger partial charge in [0.25, 0.3) is 0 Å². The van der Waals surface area contributed by atoms with Gasteiger partial charge in [-0.2, -0.15) is 5.10 Å². The van der Waals surface area contributed by atoms with E-state index >= 15 is 0 Å². The van der Waals surface area contributed by atoms with Gasteiger partial charge in [-0.3, -0.25) is 9.67 Å². The van der Waals surface area contributed by atoms with E-state index in [1.807, 2.05) is 31.0 Å². The summed E-state index contributed by atoms with van der Waals surface area (Å²) in [6, 6.07) is 0. The van der Waals surface area contributed by atoms with Gasteiger partial charge < -0.3 is 14.8 Å². The molecule has 0 aromatic carbocycles. The summed E-state index contributed by atoms with van der Waals surface area (Å²) in [5.41, 5.74) is 2.42. The Morgan fingerprint density at radius 3 is 2.68 bits per heavy atom. The lowest BCUT2D eigenvalue weighted by Gasteiger charge is -2.22. The third kappa shape index (κ3) is 7.10. The highest BCUT2D eigenvalue weighted by Crippen LogP contribution is 2.18. The van der Waals surface area contributed by atoms with Crippen LogP contribution in [0.5, 0.6) is 0 Å². The maximum absolute atomic E-state index is 4.81. The molecule has 0 amide bonds. The minimum absolute atomic E-state index is 0. The van der Waals surface area contributed by atoms with Gasteiger partial charge in [-0.05, 0) is 32.6 Å². The van der Waals surface area contributed by atoms with E-state index in [9.17, 15) is 0 Å². The summed E-state index contributed by atoms with van der Waals surface area (Å²) in [7, 11) is 4.07. The fraction of sp³-hybridized carbons (Fsp3) is 0.650. The molecule has 0 aliphatic rings. The first kappa shape index (κ1) is 24.5. The van der Waals surface area contributed by atoms with Gasteiger partial charge in [0, 0.05) is 64.4 Å². The zero-order valence-electron chi connectivity index (χ0n) is 18.1. The van der Waals surface area contributed by atoms with E-state index < -0.39 is 0 Å². The molecule has 2 aromatic heterocycles. The van der Waals surface area contributed by atoms with E-state index in [4.69, 9.17) is 4.99 Å². The second kappa shape index (κ2) is 12.1. The first-order valence-electron chi connectivity index (χ1n) is 9.92. The van der Waals surface area contributed by atoms with Gasteiger partial charge in [-0.15, -0.1) is 24.0 Å². The second-order valence-electron chi connectivity index (χ2n) is 7.33. The molecule has 0 spiro atoms. The van der Waals surface area contributed by atoms with Crippen LogP contribution in [0.3, 0.4) is 0 Å². The van der Waals surface area contributed by atoms with Crippen molar-refractivity contribution in [3.8, 4) is 0 Å². The van der Waals surface area contributed by atoms with E-state index in [2.05, 4.69) is 58.9 Å². The average molecular weight is 501 g/mol. The number of hydrogen-bond donors (Lipinski definition) is 1. The molecule has 2 rings (SSSR count). The minimum Gasteiger partial charge on any atom is -0.357 e. The van der Waals surface area contributed by atoms with Crippen molar-refractivity contribution in [3.63, 3.8) is 0 Å². The van der Waals surface area contributed by atoms with Crippen molar-refractivity contribution in [1.82, 2.24) is 29.5 Å². The second-order valence-corrected chi connectivity index (χ2v) is 7.33. The van der Waals surface area contributed by atoms with Crippen LogP contribution in [0.4, 0.5) is 0 Å². The summed E-state index contributed by atoms with van der Waals surface area (Å²) in [6.07, 6.45) is 8.17. The molecule has 158 valence electrons. The topological polar surface area (TPSA) is 63.3 Å². The monoisotopic (exact) mass is 501 g/mol. The zero-order chi connectivity index (χ0) is 19.8. The Hall–Kier alpha value is -1.58. The lowest BCUT2D eigenvalue weighted by atomic mass is 10.1. The molecule has 0 unspecified atom stereocenters. The van der Waals surface area contributed by atoms with Crippen molar-refractivity contribution >= 4 is 29.9 Å². The minimum atomic E-state index is 0. The van der Waals surface area contributed by atoms with Crippen LogP contribution in [-0.4, -0.2) is 50.3 Å². The summed E-state index contributed by atoms with van der Waals surface area (Å²) in [5, 5.41) is 8.01. The number of hydrogen-bond acceptors (Lipinski definition) is 3. The number of aryl methyl sites for hydroxylation is 3. The molecule has 0 atom stereocenters. The van der Waals surface area contributed by atoms with Crippen molar-refractivity contribution in [2.75, 3.05) is 20.1 Å². The summed E-state index contributed by atoms with van der Waals surface area (Å²) in [5.74, 6) is 2.44. The molecule has 0 radical (unpaired) electrons. The Labute approximate surface area is 186 Å². The number of unbranched alkanes of at least 4 members (excludes halogenated alkanes) is 1. The van der Waals surface area contributed by atoms with Crippen molar-refractivity contribution in [2.45, 2.75) is 59.5 Å². The van der Waals surface area contributed by atoms with Crippen LogP contribution in [0.15, 0.2) is 23.6 Å². The van der Waals surface area contributed by atoms with Gasteiger partial charge in [-0.25, -0.2) is 4.98 Å². The van der Waals surface area contributed by atoms with E-state index in [1.165, 1.54) is 5.56 Å². The first-order valence-corrected chi connectivity index (χ1v) is 9.92. The first-order chi connectivity index (χ1) is 12.9. The molecule has 2 heterocycles. The Kier molecular flexibility index (Phi) is 10.6.